The van der Waals surface area contributed by atoms with Gasteiger partial charge in [-0.05, 0) is 35.4 Å². The van der Waals surface area contributed by atoms with E-state index in [0.717, 1.165) is 0 Å². The number of hydrogen-bond donors (Lipinski definition) is 2. The Bertz CT molecular complexity index is 590. The highest BCUT2D eigenvalue weighted by atomic mass is 16.5. The number of phenols is 2. The molecule has 0 aromatic heterocycles. The maximum atomic E-state index is 10.8. The molecule has 0 saturated heterocycles. The van der Waals surface area contributed by atoms with E-state index in [2.05, 4.69) is 0 Å². The van der Waals surface area contributed by atoms with E-state index in [0.29, 0.717) is 23.2 Å². The highest BCUT2D eigenvalue weighted by Crippen LogP contribution is 2.31. The molecule has 92 valence electrons. The van der Waals surface area contributed by atoms with Crippen LogP contribution in [0, 0.1) is 0 Å². The van der Waals surface area contributed by atoms with Crippen LogP contribution in [0.3, 0.4) is 0 Å². The maximum Gasteiger partial charge on any atom is 0.153 e. The molecule has 0 radical (unpaired) electrons. The third-order valence-electron chi connectivity index (χ3n) is 2.61. The molecule has 2 aromatic carbocycles. The van der Waals surface area contributed by atoms with Crippen LogP contribution in [0.4, 0.5) is 0 Å². The van der Waals surface area contributed by atoms with Crippen molar-refractivity contribution in [1.82, 2.24) is 0 Å². The number of methoxy groups -OCH3 is 1. The van der Waals surface area contributed by atoms with Crippen molar-refractivity contribution in [3.63, 3.8) is 0 Å². The van der Waals surface area contributed by atoms with Crippen LogP contribution in [0.1, 0.15) is 10.4 Å². The molecule has 0 bridgehead atoms. The number of benzene rings is 2. The third kappa shape index (κ3) is 2.27. The number of rotatable bonds is 3. The van der Waals surface area contributed by atoms with E-state index in [1.807, 2.05) is 0 Å². The van der Waals surface area contributed by atoms with Crippen molar-refractivity contribution >= 4 is 6.29 Å². The van der Waals surface area contributed by atoms with Gasteiger partial charge in [-0.2, -0.15) is 0 Å². The number of hydrogen-bond acceptors (Lipinski definition) is 4. The van der Waals surface area contributed by atoms with Crippen LogP contribution in [-0.2, 0) is 0 Å². The largest absolute Gasteiger partial charge is 0.508 e. The van der Waals surface area contributed by atoms with E-state index < -0.39 is 0 Å². The van der Waals surface area contributed by atoms with Crippen molar-refractivity contribution in [1.29, 1.82) is 0 Å². The topological polar surface area (TPSA) is 66.8 Å². The van der Waals surface area contributed by atoms with Gasteiger partial charge in [0.05, 0.1) is 12.7 Å². The molecule has 4 nitrogen and oxygen atoms in total. The number of phenolic OH excluding ortho intramolecular Hbond substituents is 2. The second kappa shape index (κ2) is 4.79. The normalized spacial score (nSPS) is 10.1. The average molecular weight is 244 g/mol. The Balaban J connectivity index is 2.54. The fourth-order valence-electron chi connectivity index (χ4n) is 1.70. The minimum absolute atomic E-state index is 0.0686. The SMILES string of the molecule is COc1cc(O)cc(-c2ccc(O)c(C=O)c2)c1. The zero-order valence-corrected chi connectivity index (χ0v) is 9.75. The minimum atomic E-state index is -0.0686. The average Bonchev–Trinajstić information content (AvgIpc) is 2.38. The molecule has 0 amide bonds. The first-order valence-electron chi connectivity index (χ1n) is 5.30. The molecule has 0 aliphatic rings. The summed E-state index contributed by atoms with van der Waals surface area (Å²) in [5, 5.41) is 19.0. The number of carbonyl (C=O) groups excluding carboxylic acids is 1. The smallest absolute Gasteiger partial charge is 0.153 e. The first-order valence-corrected chi connectivity index (χ1v) is 5.30. The van der Waals surface area contributed by atoms with E-state index in [-0.39, 0.29) is 17.1 Å². The molecule has 18 heavy (non-hydrogen) atoms. The van der Waals surface area contributed by atoms with E-state index in [1.165, 1.54) is 19.2 Å². The third-order valence-corrected chi connectivity index (χ3v) is 2.61. The maximum absolute atomic E-state index is 10.8. The molecule has 2 rings (SSSR count). The van der Waals surface area contributed by atoms with Crippen LogP contribution < -0.4 is 4.74 Å². The zero-order valence-electron chi connectivity index (χ0n) is 9.75. The standard InChI is InChI=1S/C14H12O4/c1-18-13-6-10(5-12(16)7-13)9-2-3-14(17)11(4-9)8-15/h2-8,16-17H,1H3. The summed E-state index contributed by atoms with van der Waals surface area (Å²) in [5.74, 6) is 0.525. The molecular weight excluding hydrogens is 232 g/mol. The van der Waals surface area contributed by atoms with Gasteiger partial charge in [0, 0.05) is 6.07 Å². The second-order valence-electron chi connectivity index (χ2n) is 3.81. The molecule has 0 spiro atoms. The molecule has 2 N–H and O–H groups in total. The summed E-state index contributed by atoms with van der Waals surface area (Å²) in [6.07, 6.45) is 0.582. The van der Waals surface area contributed by atoms with Gasteiger partial charge in [-0.25, -0.2) is 0 Å². The Morgan fingerprint density at radius 1 is 1.06 bits per heavy atom. The first-order chi connectivity index (χ1) is 8.63. The highest BCUT2D eigenvalue weighted by Gasteiger charge is 2.06. The van der Waals surface area contributed by atoms with Gasteiger partial charge in [0.2, 0.25) is 0 Å². The van der Waals surface area contributed by atoms with Gasteiger partial charge in [0.25, 0.3) is 0 Å². The van der Waals surface area contributed by atoms with Crippen LogP contribution in [-0.4, -0.2) is 23.6 Å². The van der Waals surface area contributed by atoms with Gasteiger partial charge >= 0.3 is 0 Å². The fraction of sp³-hybridized carbons (Fsp3) is 0.0714. The number of carbonyl (C=O) groups is 1. The Labute approximate surface area is 104 Å². The van der Waals surface area contributed by atoms with Crippen molar-refractivity contribution in [3.05, 3.63) is 42.0 Å². The summed E-state index contributed by atoms with van der Waals surface area (Å²) in [5.41, 5.74) is 1.62. The quantitative estimate of drug-likeness (QED) is 0.814. The minimum Gasteiger partial charge on any atom is -0.508 e. The summed E-state index contributed by atoms with van der Waals surface area (Å²) in [6, 6.07) is 9.44. The Morgan fingerprint density at radius 3 is 2.50 bits per heavy atom. The lowest BCUT2D eigenvalue weighted by molar-refractivity contribution is 0.112. The van der Waals surface area contributed by atoms with Crippen LogP contribution in [0.5, 0.6) is 17.2 Å². The molecule has 0 heterocycles. The van der Waals surface area contributed by atoms with E-state index >= 15 is 0 Å². The number of ether oxygens (including phenoxy) is 1. The van der Waals surface area contributed by atoms with Gasteiger partial charge in [-0.15, -0.1) is 0 Å². The van der Waals surface area contributed by atoms with Crippen molar-refractivity contribution in [3.8, 4) is 28.4 Å². The molecule has 0 saturated carbocycles. The monoisotopic (exact) mass is 244 g/mol. The summed E-state index contributed by atoms with van der Waals surface area (Å²) in [6.45, 7) is 0. The van der Waals surface area contributed by atoms with Gasteiger partial charge in [-0.3, -0.25) is 4.79 Å². The number of aldehydes is 1. The predicted octanol–water partition coefficient (Wildman–Crippen LogP) is 2.59. The van der Waals surface area contributed by atoms with E-state index in [4.69, 9.17) is 4.74 Å². The van der Waals surface area contributed by atoms with Crippen molar-refractivity contribution in [2.75, 3.05) is 7.11 Å². The molecule has 0 aliphatic heterocycles. The predicted molar refractivity (Wildman–Crippen MR) is 67.1 cm³/mol. The molecule has 2 aromatic rings. The molecular formula is C14H12O4. The van der Waals surface area contributed by atoms with Crippen LogP contribution >= 0.6 is 0 Å². The summed E-state index contributed by atoms with van der Waals surface area (Å²) >= 11 is 0. The van der Waals surface area contributed by atoms with E-state index in [1.54, 1.807) is 24.3 Å². The lowest BCUT2D eigenvalue weighted by atomic mass is 10.0. The van der Waals surface area contributed by atoms with Crippen molar-refractivity contribution < 1.29 is 19.7 Å². The Morgan fingerprint density at radius 2 is 1.83 bits per heavy atom. The summed E-state index contributed by atoms with van der Waals surface area (Å²) < 4.78 is 5.06. The molecule has 0 unspecified atom stereocenters. The fourth-order valence-corrected chi connectivity index (χ4v) is 1.70. The first kappa shape index (κ1) is 12.0. The van der Waals surface area contributed by atoms with Crippen LogP contribution in [0.2, 0.25) is 0 Å². The summed E-state index contributed by atoms with van der Waals surface area (Å²) in [4.78, 5) is 10.8. The van der Waals surface area contributed by atoms with Crippen LogP contribution in [0.15, 0.2) is 36.4 Å². The molecule has 4 heteroatoms. The van der Waals surface area contributed by atoms with Gasteiger partial charge < -0.3 is 14.9 Å². The lowest BCUT2D eigenvalue weighted by Gasteiger charge is -2.07. The zero-order chi connectivity index (χ0) is 13.1. The van der Waals surface area contributed by atoms with E-state index in [9.17, 15) is 15.0 Å². The Kier molecular flexibility index (Phi) is 3.19. The number of aromatic hydroxyl groups is 2. The lowest BCUT2D eigenvalue weighted by Crippen LogP contribution is -1.87. The summed E-state index contributed by atoms with van der Waals surface area (Å²) in [7, 11) is 1.51. The molecule has 0 aliphatic carbocycles. The molecule has 0 atom stereocenters. The Hall–Kier alpha value is -2.49. The van der Waals surface area contributed by atoms with Gasteiger partial charge in [0.1, 0.15) is 17.2 Å². The van der Waals surface area contributed by atoms with Crippen LogP contribution in [0.25, 0.3) is 11.1 Å². The van der Waals surface area contributed by atoms with Crippen molar-refractivity contribution in [2.24, 2.45) is 0 Å². The highest BCUT2D eigenvalue weighted by molar-refractivity contribution is 5.83. The van der Waals surface area contributed by atoms with Crippen molar-refractivity contribution in [2.45, 2.75) is 0 Å². The molecule has 0 fully saturated rings. The second-order valence-corrected chi connectivity index (χ2v) is 3.81. The van der Waals surface area contributed by atoms with Gasteiger partial charge in [0.15, 0.2) is 6.29 Å². The van der Waals surface area contributed by atoms with Gasteiger partial charge in [-0.1, -0.05) is 6.07 Å².